The number of ether oxygens (including phenoxy) is 1. The van der Waals surface area contributed by atoms with Crippen molar-refractivity contribution in [1.82, 2.24) is 9.47 Å². The molecule has 1 aromatic rings. The van der Waals surface area contributed by atoms with E-state index < -0.39 is 0 Å². The van der Waals surface area contributed by atoms with Crippen molar-refractivity contribution < 1.29 is 9.53 Å². The summed E-state index contributed by atoms with van der Waals surface area (Å²) in [6.45, 7) is 9.34. The number of morpholine rings is 1. The van der Waals surface area contributed by atoms with Crippen LogP contribution in [0.3, 0.4) is 0 Å². The molecule has 0 aromatic carbocycles. The van der Waals surface area contributed by atoms with Crippen molar-refractivity contribution in [2.75, 3.05) is 26.3 Å². The maximum Gasteiger partial charge on any atom is 0.264 e. The summed E-state index contributed by atoms with van der Waals surface area (Å²) in [6, 6.07) is 4.09. The van der Waals surface area contributed by atoms with Crippen LogP contribution in [0.15, 0.2) is 11.6 Å². The van der Waals surface area contributed by atoms with Crippen LogP contribution in [0.25, 0.3) is 6.08 Å². The van der Waals surface area contributed by atoms with E-state index in [0.29, 0.717) is 26.3 Å². The first-order valence-electron chi connectivity index (χ1n) is 7.74. The summed E-state index contributed by atoms with van der Waals surface area (Å²) < 4.78 is 7.47. The van der Waals surface area contributed by atoms with Crippen LogP contribution in [0.4, 0.5) is 0 Å². The predicted octanol–water partition coefficient (Wildman–Crippen LogP) is 2.28. The molecule has 1 saturated heterocycles. The van der Waals surface area contributed by atoms with Crippen molar-refractivity contribution >= 4 is 12.0 Å². The zero-order valence-corrected chi connectivity index (χ0v) is 13.6. The van der Waals surface area contributed by atoms with Crippen molar-refractivity contribution in [2.45, 2.75) is 33.7 Å². The molecule has 5 nitrogen and oxygen atoms in total. The van der Waals surface area contributed by atoms with E-state index in [1.165, 1.54) is 0 Å². The summed E-state index contributed by atoms with van der Waals surface area (Å²) in [5, 5.41) is 9.35. The molecule has 1 aromatic heterocycles. The molecule has 0 saturated carbocycles. The predicted molar refractivity (Wildman–Crippen MR) is 85.2 cm³/mol. The largest absolute Gasteiger partial charge is 0.378 e. The smallest absolute Gasteiger partial charge is 0.264 e. The van der Waals surface area contributed by atoms with Gasteiger partial charge >= 0.3 is 0 Å². The molecule has 0 bridgehead atoms. The average Bonchev–Trinajstić information content (AvgIpc) is 2.80. The fraction of sp³-hybridized carbons (Fsp3) is 0.529. The molecule has 0 N–H and O–H groups in total. The number of hydrogen-bond acceptors (Lipinski definition) is 3. The molecule has 1 aliphatic heterocycles. The average molecular weight is 301 g/mol. The zero-order valence-electron chi connectivity index (χ0n) is 13.6. The minimum absolute atomic E-state index is 0.193. The van der Waals surface area contributed by atoms with E-state index >= 15 is 0 Å². The molecule has 22 heavy (non-hydrogen) atoms. The number of nitrogens with zero attached hydrogens (tertiary/aromatic N) is 3. The first-order valence-corrected chi connectivity index (χ1v) is 7.74. The molecule has 1 amide bonds. The molecule has 118 valence electrons. The Balaban J connectivity index is 2.27. The van der Waals surface area contributed by atoms with Crippen molar-refractivity contribution in [1.29, 1.82) is 5.26 Å². The topological polar surface area (TPSA) is 58.3 Å². The van der Waals surface area contributed by atoms with Crippen molar-refractivity contribution in [3.63, 3.8) is 0 Å². The van der Waals surface area contributed by atoms with E-state index in [2.05, 4.69) is 24.5 Å². The number of aromatic nitrogens is 1. The lowest BCUT2D eigenvalue weighted by molar-refractivity contribution is -0.130. The fourth-order valence-electron chi connectivity index (χ4n) is 2.78. The van der Waals surface area contributed by atoms with E-state index in [1.807, 2.05) is 13.0 Å². The summed E-state index contributed by atoms with van der Waals surface area (Å²) in [6.07, 6.45) is 2.77. The molecule has 2 heterocycles. The summed E-state index contributed by atoms with van der Waals surface area (Å²) in [7, 11) is 0. The fourth-order valence-corrected chi connectivity index (χ4v) is 2.78. The Labute approximate surface area is 131 Å². The summed E-state index contributed by atoms with van der Waals surface area (Å²) in [5.74, 6) is -0.203. The minimum atomic E-state index is -0.203. The second-order valence-corrected chi connectivity index (χ2v) is 5.55. The normalized spacial score (nSPS) is 15.7. The maximum atomic E-state index is 12.4. The third kappa shape index (κ3) is 3.40. The number of aryl methyl sites for hydroxylation is 1. The Hall–Kier alpha value is -2.06. The SMILES string of the molecule is CCCn1c(C)cc(C=C(C#N)C(=O)N2CCOCC2)c1C. The molecule has 1 fully saturated rings. The lowest BCUT2D eigenvalue weighted by Gasteiger charge is -2.26. The zero-order chi connectivity index (χ0) is 16.1. The number of rotatable bonds is 4. The quantitative estimate of drug-likeness (QED) is 0.633. The Morgan fingerprint density at radius 3 is 2.68 bits per heavy atom. The Bertz CT molecular complexity index is 617. The Morgan fingerprint density at radius 2 is 2.09 bits per heavy atom. The molecule has 2 rings (SSSR count). The number of carbonyl (C=O) groups is 1. The minimum Gasteiger partial charge on any atom is -0.378 e. The van der Waals surface area contributed by atoms with Crippen LogP contribution in [0, 0.1) is 25.2 Å². The number of amides is 1. The van der Waals surface area contributed by atoms with Crippen LogP contribution in [-0.2, 0) is 16.1 Å². The monoisotopic (exact) mass is 301 g/mol. The van der Waals surface area contributed by atoms with Gasteiger partial charge in [-0.1, -0.05) is 6.92 Å². The van der Waals surface area contributed by atoms with Crippen LogP contribution in [0.1, 0.15) is 30.3 Å². The lowest BCUT2D eigenvalue weighted by atomic mass is 10.1. The highest BCUT2D eigenvalue weighted by molar-refractivity contribution is 6.01. The van der Waals surface area contributed by atoms with Gasteiger partial charge < -0.3 is 14.2 Å². The van der Waals surface area contributed by atoms with Gasteiger partial charge in [0.05, 0.1) is 13.2 Å². The van der Waals surface area contributed by atoms with E-state index in [4.69, 9.17) is 4.74 Å². The van der Waals surface area contributed by atoms with Gasteiger partial charge in [-0.25, -0.2) is 0 Å². The lowest BCUT2D eigenvalue weighted by Crippen LogP contribution is -2.41. The van der Waals surface area contributed by atoms with Crippen molar-refractivity contribution in [2.24, 2.45) is 0 Å². The van der Waals surface area contributed by atoms with Crippen LogP contribution in [-0.4, -0.2) is 41.7 Å². The highest BCUT2D eigenvalue weighted by atomic mass is 16.5. The third-order valence-electron chi connectivity index (χ3n) is 4.01. The number of nitriles is 1. The van der Waals surface area contributed by atoms with Crippen LogP contribution in [0.2, 0.25) is 0 Å². The van der Waals surface area contributed by atoms with Gasteiger partial charge in [0, 0.05) is 31.0 Å². The van der Waals surface area contributed by atoms with Gasteiger partial charge in [0.15, 0.2) is 0 Å². The van der Waals surface area contributed by atoms with E-state index in [1.54, 1.807) is 11.0 Å². The molecule has 0 spiro atoms. The number of hydrogen-bond donors (Lipinski definition) is 0. The Kier molecular flexibility index (Phi) is 5.40. The van der Waals surface area contributed by atoms with Gasteiger partial charge in [0.1, 0.15) is 11.6 Å². The molecule has 0 atom stereocenters. The Morgan fingerprint density at radius 1 is 1.41 bits per heavy atom. The van der Waals surface area contributed by atoms with Crippen molar-refractivity contribution in [3.8, 4) is 6.07 Å². The molecule has 0 unspecified atom stereocenters. The standard InChI is InChI=1S/C17H23N3O2/c1-4-5-20-13(2)10-15(14(20)3)11-16(12-18)17(21)19-6-8-22-9-7-19/h10-11H,4-9H2,1-3H3. The summed E-state index contributed by atoms with van der Waals surface area (Å²) in [5.41, 5.74) is 3.39. The summed E-state index contributed by atoms with van der Waals surface area (Å²) in [4.78, 5) is 14.1. The molecule has 0 radical (unpaired) electrons. The second-order valence-electron chi connectivity index (χ2n) is 5.55. The highest BCUT2D eigenvalue weighted by Gasteiger charge is 2.21. The van der Waals surface area contributed by atoms with Crippen LogP contribution in [0.5, 0.6) is 0 Å². The number of carbonyl (C=O) groups excluding carboxylic acids is 1. The van der Waals surface area contributed by atoms with E-state index in [9.17, 15) is 10.1 Å². The van der Waals surface area contributed by atoms with Gasteiger partial charge in [-0.05, 0) is 38.0 Å². The maximum absolute atomic E-state index is 12.4. The van der Waals surface area contributed by atoms with E-state index in [0.717, 1.165) is 29.9 Å². The second kappa shape index (κ2) is 7.28. The van der Waals surface area contributed by atoms with Crippen LogP contribution >= 0.6 is 0 Å². The highest BCUT2D eigenvalue weighted by Crippen LogP contribution is 2.19. The van der Waals surface area contributed by atoms with Gasteiger partial charge in [-0.3, -0.25) is 4.79 Å². The third-order valence-corrected chi connectivity index (χ3v) is 4.01. The van der Waals surface area contributed by atoms with Crippen molar-refractivity contribution in [3.05, 3.63) is 28.6 Å². The molecular weight excluding hydrogens is 278 g/mol. The van der Waals surface area contributed by atoms with Gasteiger partial charge in [-0.2, -0.15) is 5.26 Å². The van der Waals surface area contributed by atoms with E-state index in [-0.39, 0.29) is 11.5 Å². The molecule has 0 aliphatic carbocycles. The molecule has 1 aliphatic rings. The summed E-state index contributed by atoms with van der Waals surface area (Å²) >= 11 is 0. The first-order chi connectivity index (χ1) is 10.6. The van der Waals surface area contributed by atoms with Gasteiger partial charge in [-0.15, -0.1) is 0 Å². The molecular formula is C17H23N3O2. The van der Waals surface area contributed by atoms with Gasteiger partial charge in [0.2, 0.25) is 0 Å². The van der Waals surface area contributed by atoms with Crippen LogP contribution < -0.4 is 0 Å². The first kappa shape index (κ1) is 16.3. The van der Waals surface area contributed by atoms with Gasteiger partial charge in [0.25, 0.3) is 5.91 Å². The molecule has 5 heteroatoms.